The Morgan fingerprint density at radius 3 is 2.41 bits per heavy atom. The minimum absolute atomic E-state index is 0.269. The topological polar surface area (TPSA) is 94.5 Å². The van der Waals surface area contributed by atoms with Gasteiger partial charge in [0.1, 0.15) is 5.54 Å². The highest BCUT2D eigenvalue weighted by Gasteiger charge is 2.50. The van der Waals surface area contributed by atoms with E-state index in [2.05, 4.69) is 16.7 Å². The standard InChI is InChI=1S/C25H30N4O3/c1-29(24(18-26)13-15-27-16-14-24)22(30)25(11-5-2-6-12-25)32-23(31)28-21-10-9-19-7-3-4-8-20(19)17-21/h3-4,7-10,17,27H,2,5-6,11-16H2,1H3,(H,28,31). The number of nitrogens with zero attached hydrogens (tertiary/aromatic N) is 2. The number of ether oxygens (including phenoxy) is 1. The molecule has 2 fully saturated rings. The minimum Gasteiger partial charge on any atom is -0.433 e. The van der Waals surface area contributed by atoms with E-state index >= 15 is 0 Å². The summed E-state index contributed by atoms with van der Waals surface area (Å²) in [6.45, 7) is 1.36. The normalized spacial score (nSPS) is 19.5. The van der Waals surface area contributed by atoms with E-state index in [-0.39, 0.29) is 5.91 Å². The number of nitriles is 1. The summed E-state index contributed by atoms with van der Waals surface area (Å²) in [6, 6.07) is 15.9. The largest absolute Gasteiger partial charge is 0.433 e. The third kappa shape index (κ3) is 4.28. The van der Waals surface area contributed by atoms with Gasteiger partial charge in [0.25, 0.3) is 5.91 Å². The van der Waals surface area contributed by atoms with Crippen molar-refractivity contribution in [3.8, 4) is 6.07 Å². The second-order valence-electron chi connectivity index (χ2n) is 8.89. The quantitative estimate of drug-likeness (QED) is 0.752. The predicted octanol–water partition coefficient (Wildman–Crippen LogP) is 4.20. The van der Waals surface area contributed by atoms with Gasteiger partial charge in [-0.05, 0) is 74.5 Å². The Morgan fingerprint density at radius 1 is 1.03 bits per heavy atom. The molecule has 2 aromatic carbocycles. The van der Waals surface area contributed by atoms with Crippen LogP contribution in [-0.2, 0) is 9.53 Å². The van der Waals surface area contributed by atoms with Gasteiger partial charge in [0.05, 0.1) is 6.07 Å². The number of benzene rings is 2. The zero-order chi connectivity index (χ0) is 22.6. The highest BCUT2D eigenvalue weighted by atomic mass is 16.6. The highest BCUT2D eigenvalue weighted by molar-refractivity contribution is 5.94. The van der Waals surface area contributed by atoms with Crippen molar-refractivity contribution in [1.82, 2.24) is 10.2 Å². The van der Waals surface area contributed by atoms with Crippen molar-refractivity contribution >= 4 is 28.5 Å². The Hall–Kier alpha value is -3.11. The Balaban J connectivity index is 1.53. The number of anilines is 1. The van der Waals surface area contributed by atoms with Crippen molar-refractivity contribution < 1.29 is 14.3 Å². The van der Waals surface area contributed by atoms with E-state index in [0.717, 1.165) is 30.0 Å². The van der Waals surface area contributed by atoms with E-state index in [4.69, 9.17) is 4.74 Å². The molecule has 1 aliphatic carbocycles. The van der Waals surface area contributed by atoms with Crippen LogP contribution >= 0.6 is 0 Å². The lowest BCUT2D eigenvalue weighted by Gasteiger charge is -2.44. The molecule has 2 N–H and O–H groups in total. The van der Waals surface area contributed by atoms with E-state index in [1.165, 1.54) is 0 Å². The van der Waals surface area contributed by atoms with Crippen LogP contribution in [0, 0.1) is 11.3 Å². The molecule has 0 radical (unpaired) electrons. The van der Waals surface area contributed by atoms with Crippen LogP contribution in [0.2, 0.25) is 0 Å². The average molecular weight is 435 g/mol. The van der Waals surface area contributed by atoms with Crippen LogP contribution in [-0.4, -0.2) is 48.2 Å². The molecule has 1 heterocycles. The molecule has 1 saturated carbocycles. The van der Waals surface area contributed by atoms with Gasteiger partial charge in [0.2, 0.25) is 0 Å². The van der Waals surface area contributed by atoms with E-state index in [9.17, 15) is 14.9 Å². The van der Waals surface area contributed by atoms with Gasteiger partial charge in [-0.15, -0.1) is 0 Å². The molecule has 168 valence electrons. The number of hydrogen-bond acceptors (Lipinski definition) is 5. The lowest BCUT2D eigenvalue weighted by atomic mass is 9.81. The molecule has 32 heavy (non-hydrogen) atoms. The molecule has 0 spiro atoms. The fourth-order valence-corrected chi connectivity index (χ4v) is 4.93. The predicted molar refractivity (Wildman–Crippen MR) is 123 cm³/mol. The molecule has 7 nitrogen and oxygen atoms in total. The van der Waals surface area contributed by atoms with Gasteiger partial charge in [-0.2, -0.15) is 5.26 Å². The second kappa shape index (κ2) is 9.17. The first-order valence-electron chi connectivity index (χ1n) is 11.4. The summed E-state index contributed by atoms with van der Waals surface area (Å²) >= 11 is 0. The smallest absolute Gasteiger partial charge is 0.412 e. The third-order valence-electron chi connectivity index (χ3n) is 6.92. The Labute approximate surface area is 188 Å². The van der Waals surface area contributed by atoms with Crippen molar-refractivity contribution in [3.63, 3.8) is 0 Å². The lowest BCUT2D eigenvalue weighted by molar-refractivity contribution is -0.158. The molecule has 2 aromatic rings. The molecular formula is C25H30N4O3. The number of likely N-dealkylation sites (N-methyl/N-ethyl adjacent to an activating group) is 1. The molecule has 2 aliphatic rings. The summed E-state index contributed by atoms with van der Waals surface area (Å²) in [7, 11) is 1.68. The fraction of sp³-hybridized carbons (Fsp3) is 0.480. The first-order chi connectivity index (χ1) is 15.5. The number of piperidine rings is 1. The molecule has 2 amide bonds. The number of carbonyl (C=O) groups is 2. The van der Waals surface area contributed by atoms with E-state index in [0.29, 0.717) is 44.5 Å². The van der Waals surface area contributed by atoms with Crippen LogP contribution in [0.5, 0.6) is 0 Å². The van der Waals surface area contributed by atoms with Crippen LogP contribution in [0.25, 0.3) is 10.8 Å². The van der Waals surface area contributed by atoms with E-state index in [1.807, 2.05) is 42.5 Å². The van der Waals surface area contributed by atoms with Gasteiger partial charge in [0, 0.05) is 12.7 Å². The third-order valence-corrected chi connectivity index (χ3v) is 6.92. The maximum atomic E-state index is 13.7. The van der Waals surface area contributed by atoms with Gasteiger partial charge in [-0.3, -0.25) is 10.1 Å². The Kier molecular flexibility index (Phi) is 6.33. The van der Waals surface area contributed by atoms with Crippen LogP contribution in [0.3, 0.4) is 0 Å². The molecule has 7 heteroatoms. The lowest BCUT2D eigenvalue weighted by Crippen LogP contribution is -2.61. The molecule has 1 saturated heterocycles. The summed E-state index contributed by atoms with van der Waals surface area (Å²) in [4.78, 5) is 28.1. The van der Waals surface area contributed by atoms with E-state index in [1.54, 1.807) is 11.9 Å². The van der Waals surface area contributed by atoms with Crippen molar-refractivity contribution in [2.45, 2.75) is 56.1 Å². The summed E-state index contributed by atoms with van der Waals surface area (Å²) in [5, 5.41) is 18.0. The van der Waals surface area contributed by atoms with Crippen molar-refractivity contribution in [3.05, 3.63) is 42.5 Å². The first-order valence-corrected chi connectivity index (χ1v) is 11.4. The zero-order valence-corrected chi connectivity index (χ0v) is 18.5. The van der Waals surface area contributed by atoms with Crippen LogP contribution in [0.15, 0.2) is 42.5 Å². The van der Waals surface area contributed by atoms with Crippen LogP contribution in [0.4, 0.5) is 10.5 Å². The number of hydrogen-bond donors (Lipinski definition) is 2. The number of nitrogens with one attached hydrogen (secondary N) is 2. The molecule has 0 atom stereocenters. The maximum absolute atomic E-state index is 13.7. The second-order valence-corrected chi connectivity index (χ2v) is 8.89. The number of amides is 2. The monoisotopic (exact) mass is 434 g/mol. The molecule has 4 rings (SSSR count). The number of fused-ring (bicyclic) bond motifs is 1. The Morgan fingerprint density at radius 2 is 1.72 bits per heavy atom. The molecule has 1 aliphatic heterocycles. The summed E-state index contributed by atoms with van der Waals surface area (Å²) in [5.74, 6) is -0.269. The van der Waals surface area contributed by atoms with Crippen molar-refractivity contribution in [2.24, 2.45) is 0 Å². The first kappa shape index (κ1) is 22.1. The zero-order valence-electron chi connectivity index (χ0n) is 18.5. The summed E-state index contributed by atoms with van der Waals surface area (Å²) < 4.78 is 5.89. The molecule has 0 aromatic heterocycles. The summed E-state index contributed by atoms with van der Waals surface area (Å²) in [6.07, 6.45) is 4.05. The highest BCUT2D eigenvalue weighted by Crippen LogP contribution is 2.37. The fourth-order valence-electron chi connectivity index (χ4n) is 4.93. The van der Waals surface area contributed by atoms with Gasteiger partial charge in [-0.1, -0.05) is 36.8 Å². The van der Waals surface area contributed by atoms with E-state index < -0.39 is 17.2 Å². The summed E-state index contributed by atoms with van der Waals surface area (Å²) in [5.41, 5.74) is -1.49. The van der Waals surface area contributed by atoms with Crippen molar-refractivity contribution in [2.75, 3.05) is 25.5 Å². The minimum atomic E-state index is -1.23. The average Bonchev–Trinajstić information content (AvgIpc) is 2.84. The SMILES string of the molecule is CN(C(=O)C1(OC(=O)Nc2ccc3ccccc3c2)CCCCC1)C1(C#N)CCNCC1. The number of carbonyl (C=O) groups excluding carboxylic acids is 2. The van der Waals surface area contributed by atoms with Crippen LogP contribution < -0.4 is 10.6 Å². The van der Waals surface area contributed by atoms with Gasteiger partial charge in [0.15, 0.2) is 5.60 Å². The van der Waals surface area contributed by atoms with Crippen LogP contribution in [0.1, 0.15) is 44.9 Å². The molecular weight excluding hydrogens is 404 g/mol. The van der Waals surface area contributed by atoms with Crippen molar-refractivity contribution in [1.29, 1.82) is 5.26 Å². The maximum Gasteiger partial charge on any atom is 0.412 e. The Bertz CT molecular complexity index is 1030. The number of rotatable bonds is 4. The van der Waals surface area contributed by atoms with Gasteiger partial charge in [-0.25, -0.2) is 4.79 Å². The molecule has 0 bridgehead atoms. The van der Waals surface area contributed by atoms with Gasteiger partial charge >= 0.3 is 6.09 Å². The van der Waals surface area contributed by atoms with Gasteiger partial charge < -0.3 is 15.0 Å². The molecule has 0 unspecified atom stereocenters.